The number of rotatable bonds is 8. The molecular weight excluding hydrogens is 373 g/mol. The molecule has 1 aliphatic rings. The van der Waals surface area contributed by atoms with Crippen molar-refractivity contribution in [1.29, 1.82) is 0 Å². The monoisotopic (exact) mass is 404 g/mol. The van der Waals surface area contributed by atoms with Crippen LogP contribution in [0.25, 0.3) is 0 Å². The number of aliphatic imine (C=N–C) groups is 1. The Bertz CT molecular complexity index is 552. The first-order valence-corrected chi connectivity index (χ1v) is 10.6. The largest absolute Gasteiger partial charge is 0.401 e. The van der Waals surface area contributed by atoms with E-state index >= 15 is 0 Å². The van der Waals surface area contributed by atoms with Gasteiger partial charge in [-0.3, -0.25) is 9.89 Å². The molecule has 4 nitrogen and oxygen atoms in total. The number of halogens is 3. The molecule has 0 radical (unpaired) electrons. The molecule has 0 amide bonds. The van der Waals surface area contributed by atoms with E-state index in [1.165, 1.54) is 9.78 Å². The molecule has 2 rings (SSSR count). The lowest BCUT2D eigenvalue weighted by atomic mass is 9.93. The number of thiophene rings is 1. The van der Waals surface area contributed by atoms with E-state index in [1.54, 1.807) is 11.3 Å². The van der Waals surface area contributed by atoms with Gasteiger partial charge >= 0.3 is 6.18 Å². The first-order chi connectivity index (χ1) is 12.9. The van der Waals surface area contributed by atoms with Crippen LogP contribution in [0, 0.1) is 5.92 Å². The molecular formula is C19H31F3N4S. The van der Waals surface area contributed by atoms with Crippen LogP contribution in [0.2, 0.25) is 0 Å². The summed E-state index contributed by atoms with van der Waals surface area (Å²) in [5.74, 6) is 1.68. The molecule has 0 bridgehead atoms. The number of alkyl halides is 3. The number of guanidine groups is 1. The van der Waals surface area contributed by atoms with E-state index in [4.69, 9.17) is 0 Å². The van der Waals surface area contributed by atoms with Gasteiger partial charge in [-0.2, -0.15) is 13.2 Å². The van der Waals surface area contributed by atoms with Crippen molar-refractivity contribution in [1.82, 2.24) is 15.5 Å². The molecule has 1 saturated heterocycles. The van der Waals surface area contributed by atoms with Crippen molar-refractivity contribution in [3.8, 4) is 0 Å². The molecule has 0 spiro atoms. The zero-order chi connectivity index (χ0) is 19.7. The molecule has 1 aromatic rings. The van der Waals surface area contributed by atoms with Crippen molar-refractivity contribution in [3.63, 3.8) is 0 Å². The van der Waals surface area contributed by atoms with Crippen LogP contribution in [0.1, 0.15) is 43.9 Å². The van der Waals surface area contributed by atoms with Crippen LogP contribution in [-0.2, 0) is 0 Å². The molecule has 0 saturated carbocycles. The van der Waals surface area contributed by atoms with E-state index in [1.807, 2.05) is 6.92 Å². The molecule has 8 heteroatoms. The summed E-state index contributed by atoms with van der Waals surface area (Å²) in [6.07, 6.45) is -1.46. The van der Waals surface area contributed by atoms with Crippen molar-refractivity contribution in [3.05, 3.63) is 22.4 Å². The van der Waals surface area contributed by atoms with Crippen LogP contribution in [-0.4, -0.2) is 56.3 Å². The quantitative estimate of drug-likeness (QED) is 0.507. The van der Waals surface area contributed by atoms with Crippen molar-refractivity contribution in [2.24, 2.45) is 10.9 Å². The van der Waals surface area contributed by atoms with E-state index in [0.29, 0.717) is 24.9 Å². The molecule has 27 heavy (non-hydrogen) atoms. The smallest absolute Gasteiger partial charge is 0.357 e. The maximum absolute atomic E-state index is 12.4. The first-order valence-electron chi connectivity index (χ1n) is 9.72. The SMILES string of the molecule is CCNC(=NCC(C)c1cccs1)NCCC1CCN(CC(F)(F)F)CC1. The molecule has 1 unspecified atom stereocenters. The molecule has 0 aliphatic carbocycles. The standard InChI is InChI=1S/C19H31F3N4S/c1-3-23-18(25-13-15(2)17-5-4-12-27-17)24-9-6-16-7-10-26(11-8-16)14-19(20,21)22/h4-5,12,15-16H,3,6-11,13-14H2,1-2H3,(H2,23,24,25). The number of hydrogen-bond donors (Lipinski definition) is 2. The number of nitrogens with zero attached hydrogens (tertiary/aromatic N) is 2. The second-order valence-corrected chi connectivity index (χ2v) is 8.17. The van der Waals surface area contributed by atoms with Crippen molar-refractivity contribution < 1.29 is 13.2 Å². The lowest BCUT2D eigenvalue weighted by Crippen LogP contribution is -2.41. The fraction of sp³-hybridized carbons (Fsp3) is 0.737. The third-order valence-corrected chi connectivity index (χ3v) is 5.96. The fourth-order valence-electron chi connectivity index (χ4n) is 3.31. The molecule has 1 atom stereocenters. The van der Waals surface area contributed by atoms with Crippen LogP contribution in [0.4, 0.5) is 13.2 Å². The third-order valence-electron chi connectivity index (χ3n) is 4.85. The summed E-state index contributed by atoms with van der Waals surface area (Å²) in [6.45, 7) is 6.83. The van der Waals surface area contributed by atoms with Crippen molar-refractivity contribution in [2.45, 2.75) is 45.2 Å². The lowest BCUT2D eigenvalue weighted by Gasteiger charge is -2.32. The highest BCUT2D eigenvalue weighted by atomic mass is 32.1. The van der Waals surface area contributed by atoms with Gasteiger partial charge in [-0.25, -0.2) is 0 Å². The highest BCUT2D eigenvalue weighted by molar-refractivity contribution is 7.10. The first kappa shape index (κ1) is 22.0. The summed E-state index contributed by atoms with van der Waals surface area (Å²) in [7, 11) is 0. The third kappa shape index (κ3) is 8.51. The summed E-state index contributed by atoms with van der Waals surface area (Å²) in [6, 6.07) is 4.19. The van der Waals surface area contributed by atoms with Crippen LogP contribution >= 0.6 is 11.3 Å². The summed E-state index contributed by atoms with van der Waals surface area (Å²) < 4.78 is 37.3. The maximum atomic E-state index is 12.4. The van der Waals surface area contributed by atoms with E-state index in [9.17, 15) is 13.2 Å². The van der Waals surface area contributed by atoms with Gasteiger partial charge in [0.2, 0.25) is 0 Å². The van der Waals surface area contributed by atoms with E-state index in [0.717, 1.165) is 44.9 Å². The van der Waals surface area contributed by atoms with Crippen molar-refractivity contribution >= 4 is 17.3 Å². The van der Waals surface area contributed by atoms with Crippen LogP contribution in [0.15, 0.2) is 22.5 Å². The second-order valence-electron chi connectivity index (χ2n) is 7.19. The number of nitrogens with one attached hydrogen (secondary N) is 2. The Balaban J connectivity index is 1.69. The normalized spacial score (nSPS) is 18.5. The Morgan fingerprint density at radius 1 is 1.33 bits per heavy atom. The van der Waals surface area contributed by atoms with E-state index in [-0.39, 0.29) is 0 Å². The van der Waals surface area contributed by atoms with Gasteiger partial charge in [0, 0.05) is 23.9 Å². The molecule has 154 valence electrons. The second kappa shape index (κ2) is 10.9. The zero-order valence-electron chi connectivity index (χ0n) is 16.2. The summed E-state index contributed by atoms with van der Waals surface area (Å²) in [5.41, 5.74) is 0. The van der Waals surface area contributed by atoms with E-state index in [2.05, 4.69) is 40.1 Å². The minimum atomic E-state index is -4.09. The number of piperidine rings is 1. The lowest BCUT2D eigenvalue weighted by molar-refractivity contribution is -0.148. The highest BCUT2D eigenvalue weighted by Gasteiger charge is 2.32. The minimum absolute atomic E-state index is 0.387. The summed E-state index contributed by atoms with van der Waals surface area (Å²) in [4.78, 5) is 7.52. The average Bonchev–Trinajstić information content (AvgIpc) is 3.14. The van der Waals surface area contributed by atoms with Gasteiger partial charge < -0.3 is 10.6 Å². The predicted molar refractivity (Wildman–Crippen MR) is 107 cm³/mol. The Labute approximate surface area is 164 Å². The predicted octanol–water partition coefficient (Wildman–Crippen LogP) is 4.07. The van der Waals surface area contributed by atoms with Gasteiger partial charge in [0.1, 0.15) is 0 Å². The molecule has 1 aromatic heterocycles. The van der Waals surface area contributed by atoms with Crippen LogP contribution in [0.5, 0.6) is 0 Å². The highest BCUT2D eigenvalue weighted by Crippen LogP contribution is 2.24. The topological polar surface area (TPSA) is 39.7 Å². The maximum Gasteiger partial charge on any atom is 0.401 e. The Morgan fingerprint density at radius 2 is 2.07 bits per heavy atom. The molecule has 2 N–H and O–H groups in total. The number of hydrogen-bond acceptors (Lipinski definition) is 3. The zero-order valence-corrected chi connectivity index (χ0v) is 17.0. The molecule has 2 heterocycles. The Kier molecular flexibility index (Phi) is 8.89. The number of likely N-dealkylation sites (tertiary alicyclic amines) is 1. The van der Waals surface area contributed by atoms with Gasteiger partial charge in [-0.15, -0.1) is 11.3 Å². The van der Waals surface area contributed by atoms with Gasteiger partial charge in [0.15, 0.2) is 5.96 Å². The van der Waals surface area contributed by atoms with Gasteiger partial charge in [0.25, 0.3) is 0 Å². The summed E-state index contributed by atoms with van der Waals surface area (Å²) in [5, 5.41) is 8.71. The molecule has 1 fully saturated rings. The Morgan fingerprint density at radius 3 is 2.67 bits per heavy atom. The van der Waals surface area contributed by atoms with Gasteiger partial charge in [-0.1, -0.05) is 13.0 Å². The Hall–Kier alpha value is -1.28. The van der Waals surface area contributed by atoms with E-state index < -0.39 is 12.7 Å². The average molecular weight is 405 g/mol. The fourth-order valence-corrected chi connectivity index (χ4v) is 4.09. The van der Waals surface area contributed by atoms with Crippen molar-refractivity contribution in [2.75, 3.05) is 39.3 Å². The minimum Gasteiger partial charge on any atom is -0.357 e. The van der Waals surface area contributed by atoms with Crippen LogP contribution in [0.3, 0.4) is 0 Å². The van der Waals surface area contributed by atoms with Crippen LogP contribution < -0.4 is 10.6 Å². The van der Waals surface area contributed by atoms with Gasteiger partial charge in [-0.05, 0) is 56.6 Å². The molecule has 1 aliphatic heterocycles. The van der Waals surface area contributed by atoms with Gasteiger partial charge in [0.05, 0.1) is 13.1 Å². The summed E-state index contributed by atoms with van der Waals surface area (Å²) >= 11 is 1.75. The molecule has 0 aromatic carbocycles.